The van der Waals surface area contributed by atoms with Crippen molar-refractivity contribution in [2.45, 2.75) is 38.6 Å². The van der Waals surface area contributed by atoms with Crippen molar-refractivity contribution in [1.29, 1.82) is 0 Å². The van der Waals surface area contributed by atoms with Crippen molar-refractivity contribution in [1.82, 2.24) is 20.2 Å². The molecule has 5 nitrogen and oxygen atoms in total. The van der Waals surface area contributed by atoms with Crippen LogP contribution >= 0.6 is 0 Å². The van der Waals surface area contributed by atoms with E-state index >= 15 is 0 Å². The van der Waals surface area contributed by atoms with Gasteiger partial charge in [-0.15, -0.1) is 0 Å². The number of nitrogens with one attached hydrogen (secondary N) is 1. The lowest BCUT2D eigenvalue weighted by molar-refractivity contribution is 0.293. The normalized spacial score (nSPS) is 30.8. The molecular formula is C14H19N5. The van der Waals surface area contributed by atoms with Gasteiger partial charge in [0.25, 0.3) is 0 Å². The Labute approximate surface area is 112 Å². The predicted molar refractivity (Wildman–Crippen MR) is 73.9 cm³/mol. The third kappa shape index (κ3) is 1.64. The SMILES string of the molecule is CC1CN(c2ncnc3[nH]ncc23)C2CCCCC12. The summed E-state index contributed by atoms with van der Waals surface area (Å²) in [6.45, 7) is 3.50. The molecule has 3 atom stereocenters. The Morgan fingerprint density at radius 2 is 2.16 bits per heavy atom. The third-order valence-corrected chi connectivity index (χ3v) is 4.90. The molecule has 4 rings (SSSR count). The molecule has 2 aromatic heterocycles. The number of hydrogen-bond acceptors (Lipinski definition) is 4. The van der Waals surface area contributed by atoms with Gasteiger partial charge in [0.15, 0.2) is 5.65 Å². The van der Waals surface area contributed by atoms with Gasteiger partial charge < -0.3 is 4.90 Å². The molecule has 1 saturated heterocycles. The fourth-order valence-corrected chi connectivity index (χ4v) is 4.00. The fraction of sp³-hybridized carbons (Fsp3) is 0.643. The molecule has 3 heterocycles. The highest BCUT2D eigenvalue weighted by Crippen LogP contribution is 2.42. The molecule has 1 N–H and O–H groups in total. The summed E-state index contributed by atoms with van der Waals surface area (Å²) in [5, 5.41) is 8.10. The number of nitrogens with zero attached hydrogens (tertiary/aromatic N) is 4. The molecule has 19 heavy (non-hydrogen) atoms. The first-order chi connectivity index (χ1) is 9.34. The molecule has 0 spiro atoms. The minimum atomic E-state index is 0.664. The van der Waals surface area contributed by atoms with Crippen molar-refractivity contribution in [3.05, 3.63) is 12.5 Å². The minimum absolute atomic E-state index is 0.664. The quantitative estimate of drug-likeness (QED) is 0.852. The standard InChI is InChI=1S/C14H19N5/c1-9-7-19(12-5-3-2-4-10(9)12)14-11-6-17-18-13(11)15-8-16-14/h6,8-10,12H,2-5,7H2,1H3,(H,15,16,17,18). The summed E-state index contributed by atoms with van der Waals surface area (Å²) >= 11 is 0. The van der Waals surface area contributed by atoms with Crippen LogP contribution in [0.25, 0.3) is 11.0 Å². The highest BCUT2D eigenvalue weighted by molar-refractivity contribution is 5.86. The fourth-order valence-electron chi connectivity index (χ4n) is 4.00. The van der Waals surface area contributed by atoms with E-state index in [1.54, 1.807) is 6.33 Å². The summed E-state index contributed by atoms with van der Waals surface area (Å²) in [7, 11) is 0. The number of anilines is 1. The zero-order chi connectivity index (χ0) is 12.8. The molecule has 3 unspecified atom stereocenters. The zero-order valence-corrected chi connectivity index (χ0v) is 11.2. The smallest absolute Gasteiger partial charge is 0.160 e. The van der Waals surface area contributed by atoms with Crippen LogP contribution in [0.1, 0.15) is 32.6 Å². The number of hydrogen-bond donors (Lipinski definition) is 1. The average Bonchev–Trinajstić information content (AvgIpc) is 3.04. The Morgan fingerprint density at radius 3 is 3.11 bits per heavy atom. The van der Waals surface area contributed by atoms with E-state index in [1.165, 1.54) is 25.7 Å². The Bertz CT molecular complexity index is 592. The van der Waals surface area contributed by atoms with Crippen molar-refractivity contribution in [2.75, 3.05) is 11.4 Å². The highest BCUT2D eigenvalue weighted by Gasteiger charge is 2.41. The lowest BCUT2D eigenvalue weighted by atomic mass is 9.80. The summed E-state index contributed by atoms with van der Waals surface area (Å²) in [6, 6.07) is 0.664. The molecule has 2 fully saturated rings. The lowest BCUT2D eigenvalue weighted by Gasteiger charge is -2.32. The molecule has 1 aliphatic carbocycles. The van der Waals surface area contributed by atoms with E-state index < -0.39 is 0 Å². The Balaban J connectivity index is 1.77. The van der Waals surface area contributed by atoms with Gasteiger partial charge in [-0.2, -0.15) is 5.10 Å². The number of H-pyrrole nitrogens is 1. The topological polar surface area (TPSA) is 57.7 Å². The molecule has 0 amide bonds. The molecule has 2 aromatic rings. The summed E-state index contributed by atoms with van der Waals surface area (Å²) in [5.41, 5.74) is 0.844. The lowest BCUT2D eigenvalue weighted by Crippen LogP contribution is -2.35. The van der Waals surface area contributed by atoms with Crippen LogP contribution in [0.5, 0.6) is 0 Å². The Kier molecular flexibility index (Phi) is 2.47. The van der Waals surface area contributed by atoms with E-state index in [1.807, 2.05) is 6.20 Å². The van der Waals surface area contributed by atoms with Gasteiger partial charge in [-0.25, -0.2) is 9.97 Å². The number of rotatable bonds is 1. The first-order valence-corrected chi connectivity index (χ1v) is 7.25. The van der Waals surface area contributed by atoms with Crippen molar-refractivity contribution >= 4 is 16.9 Å². The second-order valence-corrected chi connectivity index (χ2v) is 5.97. The Hall–Kier alpha value is -1.65. The number of aromatic nitrogens is 4. The second-order valence-electron chi connectivity index (χ2n) is 5.97. The molecule has 5 heteroatoms. The van der Waals surface area contributed by atoms with E-state index in [2.05, 4.69) is 32.0 Å². The number of aromatic amines is 1. The van der Waals surface area contributed by atoms with Crippen molar-refractivity contribution in [3.63, 3.8) is 0 Å². The molecule has 0 bridgehead atoms. The summed E-state index contributed by atoms with van der Waals surface area (Å²) in [5.74, 6) is 2.67. The van der Waals surface area contributed by atoms with Crippen LogP contribution in [-0.2, 0) is 0 Å². The van der Waals surface area contributed by atoms with Gasteiger partial charge in [-0.3, -0.25) is 5.10 Å². The minimum Gasteiger partial charge on any atom is -0.352 e. The molecule has 0 radical (unpaired) electrons. The summed E-state index contributed by atoms with van der Waals surface area (Å²) in [6.07, 6.45) is 8.93. The van der Waals surface area contributed by atoms with Gasteiger partial charge in [0.1, 0.15) is 12.1 Å². The van der Waals surface area contributed by atoms with Gasteiger partial charge in [0, 0.05) is 12.6 Å². The van der Waals surface area contributed by atoms with Crippen molar-refractivity contribution in [3.8, 4) is 0 Å². The van der Waals surface area contributed by atoms with Crippen LogP contribution in [-0.4, -0.2) is 32.8 Å². The van der Waals surface area contributed by atoms with Crippen LogP contribution in [0.3, 0.4) is 0 Å². The van der Waals surface area contributed by atoms with Gasteiger partial charge in [-0.1, -0.05) is 19.8 Å². The molecule has 2 aliphatic rings. The number of fused-ring (bicyclic) bond motifs is 2. The Morgan fingerprint density at radius 1 is 1.26 bits per heavy atom. The molecule has 1 saturated carbocycles. The van der Waals surface area contributed by atoms with Crippen LogP contribution in [0.2, 0.25) is 0 Å². The maximum Gasteiger partial charge on any atom is 0.160 e. The second kappa shape index (κ2) is 4.18. The van der Waals surface area contributed by atoms with Gasteiger partial charge >= 0.3 is 0 Å². The molecule has 1 aliphatic heterocycles. The largest absolute Gasteiger partial charge is 0.352 e. The van der Waals surface area contributed by atoms with Gasteiger partial charge in [-0.05, 0) is 24.7 Å². The van der Waals surface area contributed by atoms with Gasteiger partial charge in [0.2, 0.25) is 0 Å². The van der Waals surface area contributed by atoms with Crippen LogP contribution < -0.4 is 4.90 Å². The van der Waals surface area contributed by atoms with Crippen LogP contribution in [0.15, 0.2) is 12.5 Å². The van der Waals surface area contributed by atoms with E-state index in [0.717, 1.165) is 35.2 Å². The van der Waals surface area contributed by atoms with Gasteiger partial charge in [0.05, 0.1) is 11.6 Å². The molecular weight excluding hydrogens is 238 g/mol. The summed E-state index contributed by atoms with van der Waals surface area (Å²) < 4.78 is 0. The van der Waals surface area contributed by atoms with Crippen molar-refractivity contribution in [2.24, 2.45) is 11.8 Å². The van der Waals surface area contributed by atoms with E-state index in [9.17, 15) is 0 Å². The molecule has 100 valence electrons. The van der Waals surface area contributed by atoms with Crippen LogP contribution in [0.4, 0.5) is 5.82 Å². The van der Waals surface area contributed by atoms with E-state index in [4.69, 9.17) is 0 Å². The van der Waals surface area contributed by atoms with E-state index in [0.29, 0.717) is 6.04 Å². The molecule has 0 aromatic carbocycles. The zero-order valence-electron chi connectivity index (χ0n) is 11.2. The monoisotopic (exact) mass is 257 g/mol. The predicted octanol–water partition coefficient (Wildman–Crippen LogP) is 2.37. The first kappa shape index (κ1) is 11.2. The van der Waals surface area contributed by atoms with E-state index in [-0.39, 0.29) is 0 Å². The van der Waals surface area contributed by atoms with Crippen LogP contribution in [0, 0.1) is 11.8 Å². The maximum atomic E-state index is 4.54. The maximum absolute atomic E-state index is 4.54. The first-order valence-electron chi connectivity index (χ1n) is 7.25. The average molecular weight is 257 g/mol. The highest BCUT2D eigenvalue weighted by atomic mass is 15.3. The summed E-state index contributed by atoms with van der Waals surface area (Å²) in [4.78, 5) is 11.3. The third-order valence-electron chi connectivity index (χ3n) is 4.90. The van der Waals surface area contributed by atoms with Crippen molar-refractivity contribution < 1.29 is 0 Å².